The molecule has 0 aromatic carbocycles. The Labute approximate surface area is 108 Å². The molecule has 19 heavy (non-hydrogen) atoms. The molecule has 0 unspecified atom stereocenters. The maximum absolute atomic E-state index is 12.5. The Balaban J connectivity index is 3.00. The number of aryl methyl sites for hydroxylation is 1. The fraction of sp³-hybridized carbons (Fsp3) is 0.333. The van der Waals surface area contributed by atoms with E-state index >= 15 is 0 Å². The van der Waals surface area contributed by atoms with Crippen LogP contribution >= 0.6 is 0 Å². The van der Waals surface area contributed by atoms with Crippen molar-refractivity contribution in [1.29, 1.82) is 0 Å². The van der Waals surface area contributed by atoms with E-state index < -0.39 is 12.1 Å². The van der Waals surface area contributed by atoms with Crippen molar-refractivity contribution in [3.8, 4) is 0 Å². The van der Waals surface area contributed by atoms with Gasteiger partial charge in [-0.25, -0.2) is 0 Å². The molecule has 0 saturated carbocycles. The lowest BCUT2D eigenvalue weighted by molar-refractivity contribution is -0.181. The number of halogens is 3. The zero-order valence-corrected chi connectivity index (χ0v) is 10.4. The number of amides is 1. The van der Waals surface area contributed by atoms with Gasteiger partial charge in [0.15, 0.2) is 0 Å². The van der Waals surface area contributed by atoms with Gasteiger partial charge in [0.05, 0.1) is 6.20 Å². The van der Waals surface area contributed by atoms with Gasteiger partial charge in [0.2, 0.25) is 0 Å². The molecule has 0 aliphatic heterocycles. The minimum Gasteiger partial charge on any atom is -0.304 e. The molecule has 0 saturated heterocycles. The Hall–Kier alpha value is -2.05. The summed E-state index contributed by atoms with van der Waals surface area (Å²) in [6.07, 6.45) is -0.416. The molecule has 1 aromatic rings. The van der Waals surface area contributed by atoms with Gasteiger partial charge in [-0.15, -0.1) is 6.58 Å². The number of carbonyl (C=O) groups excluding carboxylic acids is 1. The first-order valence-electron chi connectivity index (χ1n) is 5.45. The van der Waals surface area contributed by atoms with Crippen LogP contribution in [0.15, 0.2) is 31.6 Å². The molecular formula is C12H14F3N3O. The number of hydrogen-bond acceptors (Lipinski definition) is 2. The van der Waals surface area contributed by atoms with Crippen molar-refractivity contribution in [3.05, 3.63) is 37.2 Å². The third-order valence-corrected chi connectivity index (χ3v) is 2.41. The van der Waals surface area contributed by atoms with Gasteiger partial charge in [0.25, 0.3) is 0 Å². The first kappa shape index (κ1) is 15.0. The zero-order valence-electron chi connectivity index (χ0n) is 10.4. The van der Waals surface area contributed by atoms with Crippen LogP contribution in [0.3, 0.4) is 0 Å². The molecule has 0 aliphatic rings. The van der Waals surface area contributed by atoms with Gasteiger partial charge in [0, 0.05) is 31.0 Å². The van der Waals surface area contributed by atoms with E-state index in [2.05, 4.69) is 18.3 Å². The lowest BCUT2D eigenvalue weighted by atomic mass is 10.2. The maximum Gasteiger partial charge on any atom is 0.471 e. The van der Waals surface area contributed by atoms with Gasteiger partial charge in [-0.3, -0.25) is 9.48 Å². The van der Waals surface area contributed by atoms with Gasteiger partial charge >= 0.3 is 12.1 Å². The lowest BCUT2D eigenvalue weighted by Crippen LogP contribution is -2.40. The molecule has 104 valence electrons. The first-order chi connectivity index (χ1) is 8.77. The van der Waals surface area contributed by atoms with Crippen molar-refractivity contribution >= 4 is 11.6 Å². The molecule has 1 heterocycles. The third-order valence-electron chi connectivity index (χ3n) is 2.41. The average Bonchev–Trinajstić information content (AvgIpc) is 2.74. The Bertz CT molecular complexity index is 491. The number of alkyl halides is 3. The van der Waals surface area contributed by atoms with Crippen molar-refractivity contribution in [2.75, 3.05) is 6.54 Å². The lowest BCUT2D eigenvalue weighted by Gasteiger charge is -2.24. The van der Waals surface area contributed by atoms with E-state index in [-0.39, 0.29) is 18.7 Å². The summed E-state index contributed by atoms with van der Waals surface area (Å²) in [5.41, 5.74) is 0.335. The van der Waals surface area contributed by atoms with E-state index in [0.29, 0.717) is 10.5 Å². The number of carbonyl (C=O) groups is 1. The van der Waals surface area contributed by atoms with Crippen molar-refractivity contribution < 1.29 is 18.0 Å². The van der Waals surface area contributed by atoms with Crippen molar-refractivity contribution in [2.24, 2.45) is 7.05 Å². The van der Waals surface area contributed by atoms with Crippen LogP contribution in [0.1, 0.15) is 12.0 Å². The Morgan fingerprint density at radius 3 is 2.63 bits per heavy atom. The summed E-state index contributed by atoms with van der Waals surface area (Å²) in [7, 11) is 1.62. The summed E-state index contributed by atoms with van der Waals surface area (Å²) >= 11 is 0. The summed E-state index contributed by atoms with van der Waals surface area (Å²) < 4.78 is 39.0. The number of nitrogens with zero attached hydrogens (tertiary/aromatic N) is 3. The molecular weight excluding hydrogens is 259 g/mol. The van der Waals surface area contributed by atoms with E-state index in [4.69, 9.17) is 0 Å². The summed E-state index contributed by atoms with van der Waals surface area (Å²) in [6.45, 7) is 6.84. The standard InChI is InChI=1S/C12H14F3N3O/c1-4-5-6-18(11(19)12(13,14)15)9(2)10-7-16-17(3)8-10/h4,7-8H,1-2,5-6H2,3H3. The smallest absolute Gasteiger partial charge is 0.304 e. The normalized spacial score (nSPS) is 11.2. The van der Waals surface area contributed by atoms with Crippen LogP contribution in [0, 0.1) is 0 Å². The first-order valence-corrected chi connectivity index (χ1v) is 5.45. The van der Waals surface area contributed by atoms with Gasteiger partial charge in [-0.2, -0.15) is 18.3 Å². The second-order valence-electron chi connectivity index (χ2n) is 3.88. The number of rotatable bonds is 5. The summed E-state index contributed by atoms with van der Waals surface area (Å²) in [5.74, 6) is -1.94. The van der Waals surface area contributed by atoms with Crippen LogP contribution < -0.4 is 0 Å². The van der Waals surface area contributed by atoms with Gasteiger partial charge < -0.3 is 4.90 Å². The Morgan fingerprint density at radius 2 is 2.21 bits per heavy atom. The van der Waals surface area contributed by atoms with E-state index in [1.54, 1.807) is 7.05 Å². The summed E-state index contributed by atoms with van der Waals surface area (Å²) in [6, 6.07) is 0. The third kappa shape index (κ3) is 3.70. The second-order valence-corrected chi connectivity index (χ2v) is 3.88. The molecule has 0 spiro atoms. The van der Waals surface area contributed by atoms with Gasteiger partial charge in [-0.05, 0) is 6.42 Å². The molecule has 0 fully saturated rings. The van der Waals surface area contributed by atoms with Crippen LogP contribution in [0.5, 0.6) is 0 Å². The van der Waals surface area contributed by atoms with E-state index in [0.717, 1.165) is 0 Å². The van der Waals surface area contributed by atoms with Crippen molar-refractivity contribution in [1.82, 2.24) is 14.7 Å². The van der Waals surface area contributed by atoms with Crippen molar-refractivity contribution in [2.45, 2.75) is 12.6 Å². The minimum absolute atomic E-state index is 0.0303. The number of hydrogen-bond donors (Lipinski definition) is 0. The summed E-state index contributed by atoms with van der Waals surface area (Å²) in [5, 5.41) is 3.84. The minimum atomic E-state index is -4.94. The largest absolute Gasteiger partial charge is 0.471 e. The van der Waals surface area contributed by atoms with E-state index in [9.17, 15) is 18.0 Å². The second kappa shape index (κ2) is 5.73. The quantitative estimate of drug-likeness (QED) is 0.772. The van der Waals surface area contributed by atoms with Crippen molar-refractivity contribution in [3.63, 3.8) is 0 Å². The zero-order chi connectivity index (χ0) is 14.6. The molecule has 0 aliphatic carbocycles. The predicted octanol–water partition coefficient (Wildman–Crippen LogP) is 2.36. The summed E-state index contributed by atoms with van der Waals surface area (Å²) in [4.78, 5) is 12.0. The highest BCUT2D eigenvalue weighted by atomic mass is 19.4. The molecule has 1 amide bonds. The average molecular weight is 273 g/mol. The molecule has 4 nitrogen and oxygen atoms in total. The van der Waals surface area contributed by atoms with Crippen LogP contribution in [-0.4, -0.2) is 33.3 Å². The topological polar surface area (TPSA) is 38.1 Å². The molecule has 0 N–H and O–H groups in total. The van der Waals surface area contributed by atoms with Crippen LogP contribution in [0.2, 0.25) is 0 Å². The highest BCUT2D eigenvalue weighted by Crippen LogP contribution is 2.25. The SMILES string of the molecule is C=CCCN(C(=C)c1cnn(C)c1)C(=O)C(F)(F)F. The highest BCUT2D eigenvalue weighted by molar-refractivity contribution is 5.90. The van der Waals surface area contributed by atoms with Crippen LogP contribution in [0.25, 0.3) is 5.70 Å². The van der Waals surface area contributed by atoms with Gasteiger partial charge in [0.1, 0.15) is 0 Å². The number of aromatic nitrogens is 2. The fourth-order valence-corrected chi connectivity index (χ4v) is 1.46. The molecule has 0 atom stereocenters. The molecule has 0 bridgehead atoms. The Morgan fingerprint density at radius 1 is 1.58 bits per heavy atom. The van der Waals surface area contributed by atoms with Crippen LogP contribution in [-0.2, 0) is 11.8 Å². The Kier molecular flexibility index (Phi) is 4.52. The highest BCUT2D eigenvalue weighted by Gasteiger charge is 2.43. The molecule has 0 radical (unpaired) electrons. The molecule has 1 rings (SSSR count). The fourth-order valence-electron chi connectivity index (χ4n) is 1.46. The monoisotopic (exact) mass is 273 g/mol. The maximum atomic E-state index is 12.5. The van der Waals surface area contributed by atoms with E-state index in [1.165, 1.54) is 23.2 Å². The van der Waals surface area contributed by atoms with Gasteiger partial charge in [-0.1, -0.05) is 12.7 Å². The van der Waals surface area contributed by atoms with Crippen LogP contribution in [0.4, 0.5) is 13.2 Å². The molecule has 7 heteroatoms. The van der Waals surface area contributed by atoms with E-state index in [1.807, 2.05) is 0 Å². The molecule has 1 aromatic heterocycles. The predicted molar refractivity (Wildman–Crippen MR) is 64.8 cm³/mol.